The largest absolute Gasteiger partial charge is 0.347 e. The van der Waals surface area contributed by atoms with Crippen molar-refractivity contribution in [1.82, 2.24) is 5.32 Å². The van der Waals surface area contributed by atoms with Gasteiger partial charge in [-0.25, -0.2) is 0 Å². The van der Waals surface area contributed by atoms with Gasteiger partial charge in [0.1, 0.15) is 0 Å². The molecule has 1 heterocycles. The van der Waals surface area contributed by atoms with E-state index in [0.717, 1.165) is 18.4 Å². The predicted molar refractivity (Wildman–Crippen MR) is 54.8 cm³/mol. The lowest BCUT2D eigenvalue weighted by molar-refractivity contribution is -0.123. The molecule has 0 saturated heterocycles. The number of carbonyl (C=O) groups is 2. The van der Waals surface area contributed by atoms with Gasteiger partial charge in [-0.05, 0) is 33.6 Å². The molecule has 0 atom stereocenters. The van der Waals surface area contributed by atoms with Crippen molar-refractivity contribution in [3.8, 4) is 0 Å². The number of ketones is 1. The lowest BCUT2D eigenvalue weighted by atomic mass is 9.85. The topological polar surface area (TPSA) is 46.2 Å². The van der Waals surface area contributed by atoms with Gasteiger partial charge in [0.15, 0.2) is 5.78 Å². The lowest BCUT2D eigenvalue weighted by Crippen LogP contribution is -2.49. The zero-order chi connectivity index (χ0) is 10.9. The Bertz CT molecular complexity index is 313. The molecule has 0 bridgehead atoms. The normalized spacial score (nSPS) is 20.7. The average molecular weight is 195 g/mol. The van der Waals surface area contributed by atoms with Crippen molar-refractivity contribution in [2.24, 2.45) is 0 Å². The quantitative estimate of drug-likeness (QED) is 0.680. The second-order valence-electron chi connectivity index (χ2n) is 4.40. The second kappa shape index (κ2) is 3.56. The zero-order valence-corrected chi connectivity index (χ0v) is 9.23. The molecular formula is C11H17NO2. The smallest absolute Gasteiger partial charge is 0.255 e. The summed E-state index contributed by atoms with van der Waals surface area (Å²) in [4.78, 5) is 22.9. The van der Waals surface area contributed by atoms with E-state index < -0.39 is 0 Å². The van der Waals surface area contributed by atoms with E-state index in [-0.39, 0.29) is 17.2 Å². The van der Waals surface area contributed by atoms with Crippen LogP contribution < -0.4 is 5.32 Å². The number of Topliss-reactive ketones (excluding diaryl/α,β-unsaturated/α-hetero) is 1. The van der Waals surface area contributed by atoms with Crippen molar-refractivity contribution >= 4 is 11.7 Å². The molecule has 0 aliphatic carbocycles. The van der Waals surface area contributed by atoms with Crippen molar-refractivity contribution in [3.63, 3.8) is 0 Å². The fourth-order valence-corrected chi connectivity index (χ4v) is 1.91. The molecule has 1 N–H and O–H groups in total. The van der Waals surface area contributed by atoms with Crippen molar-refractivity contribution < 1.29 is 9.59 Å². The van der Waals surface area contributed by atoms with Gasteiger partial charge in [-0.15, -0.1) is 0 Å². The van der Waals surface area contributed by atoms with E-state index in [2.05, 4.69) is 5.32 Å². The molecule has 0 radical (unpaired) electrons. The first-order valence-corrected chi connectivity index (χ1v) is 4.93. The minimum absolute atomic E-state index is 0.130. The van der Waals surface area contributed by atoms with Crippen LogP contribution in [0.25, 0.3) is 0 Å². The molecule has 1 amide bonds. The molecule has 0 spiro atoms. The summed E-state index contributed by atoms with van der Waals surface area (Å²) in [5.74, 6) is -0.347. The van der Waals surface area contributed by atoms with Crippen LogP contribution in [0.3, 0.4) is 0 Å². The van der Waals surface area contributed by atoms with Crippen LogP contribution in [-0.2, 0) is 9.59 Å². The number of rotatable bonds is 2. The summed E-state index contributed by atoms with van der Waals surface area (Å²) in [5, 5.41) is 2.83. The van der Waals surface area contributed by atoms with Gasteiger partial charge in [0.05, 0.1) is 5.57 Å². The van der Waals surface area contributed by atoms with Gasteiger partial charge in [-0.2, -0.15) is 0 Å². The van der Waals surface area contributed by atoms with Gasteiger partial charge in [0, 0.05) is 5.54 Å². The molecule has 0 unspecified atom stereocenters. The van der Waals surface area contributed by atoms with Gasteiger partial charge in [0.25, 0.3) is 5.91 Å². The van der Waals surface area contributed by atoms with Crippen LogP contribution in [0.15, 0.2) is 11.1 Å². The molecular weight excluding hydrogens is 178 g/mol. The highest BCUT2D eigenvalue weighted by atomic mass is 16.2. The Balaban J connectivity index is 3.14. The number of amides is 1. The van der Waals surface area contributed by atoms with Crippen LogP contribution in [0.1, 0.15) is 40.5 Å². The molecule has 0 fully saturated rings. The monoisotopic (exact) mass is 195 g/mol. The maximum atomic E-state index is 11.6. The highest BCUT2D eigenvalue weighted by molar-refractivity contribution is 6.19. The van der Waals surface area contributed by atoms with Crippen LogP contribution in [-0.4, -0.2) is 17.2 Å². The molecule has 3 nitrogen and oxygen atoms in total. The molecule has 78 valence electrons. The molecule has 0 aromatic rings. The zero-order valence-electron chi connectivity index (χ0n) is 9.23. The van der Waals surface area contributed by atoms with E-state index >= 15 is 0 Å². The Morgan fingerprint density at radius 1 is 1.50 bits per heavy atom. The predicted octanol–water partition coefficient (Wildman–Crippen LogP) is 1.58. The Morgan fingerprint density at radius 3 is 2.50 bits per heavy atom. The molecule has 14 heavy (non-hydrogen) atoms. The Hall–Kier alpha value is -1.12. The van der Waals surface area contributed by atoms with Gasteiger partial charge in [-0.1, -0.05) is 12.5 Å². The molecule has 1 aliphatic rings. The number of nitrogens with one attached hydrogen (secondary N) is 1. The molecule has 0 saturated carbocycles. The van der Waals surface area contributed by atoms with E-state index in [1.165, 1.54) is 6.92 Å². The maximum absolute atomic E-state index is 11.6. The molecule has 3 heteroatoms. The van der Waals surface area contributed by atoms with E-state index in [1.54, 1.807) is 0 Å². The third-order valence-corrected chi connectivity index (χ3v) is 2.47. The fraction of sp³-hybridized carbons (Fsp3) is 0.636. The van der Waals surface area contributed by atoms with Crippen LogP contribution in [0.4, 0.5) is 0 Å². The van der Waals surface area contributed by atoms with E-state index in [9.17, 15) is 9.59 Å². The first kappa shape index (κ1) is 11.0. The average Bonchev–Trinajstić information content (AvgIpc) is 1.99. The van der Waals surface area contributed by atoms with Crippen molar-refractivity contribution in [2.75, 3.05) is 0 Å². The third kappa shape index (κ3) is 2.03. The summed E-state index contributed by atoms with van der Waals surface area (Å²) in [7, 11) is 0. The summed E-state index contributed by atoms with van der Waals surface area (Å²) < 4.78 is 0. The molecule has 1 rings (SSSR count). The van der Waals surface area contributed by atoms with Crippen LogP contribution in [0.2, 0.25) is 0 Å². The summed E-state index contributed by atoms with van der Waals surface area (Å²) >= 11 is 0. The highest BCUT2D eigenvalue weighted by Gasteiger charge is 2.32. The Morgan fingerprint density at radius 2 is 2.07 bits per heavy atom. The van der Waals surface area contributed by atoms with E-state index in [1.807, 2.05) is 20.8 Å². The minimum atomic E-state index is -0.221. The highest BCUT2D eigenvalue weighted by Crippen LogP contribution is 2.27. The SMILES string of the molecule is CCC1=C(C(C)=O)C(=O)NC(C)(C)C1. The van der Waals surface area contributed by atoms with E-state index in [0.29, 0.717) is 5.57 Å². The third-order valence-electron chi connectivity index (χ3n) is 2.47. The number of hydrogen-bond acceptors (Lipinski definition) is 2. The Labute approximate surface area is 84.6 Å². The molecule has 1 aliphatic heterocycles. The van der Waals surface area contributed by atoms with Gasteiger partial charge in [-0.3, -0.25) is 9.59 Å². The van der Waals surface area contributed by atoms with Gasteiger partial charge in [0.2, 0.25) is 0 Å². The molecule has 0 aromatic carbocycles. The van der Waals surface area contributed by atoms with Crippen LogP contribution in [0.5, 0.6) is 0 Å². The molecule has 0 aromatic heterocycles. The lowest BCUT2D eigenvalue weighted by Gasteiger charge is -2.33. The van der Waals surface area contributed by atoms with Crippen LogP contribution >= 0.6 is 0 Å². The van der Waals surface area contributed by atoms with Gasteiger partial charge < -0.3 is 5.32 Å². The first-order valence-electron chi connectivity index (χ1n) is 4.93. The summed E-state index contributed by atoms with van der Waals surface area (Å²) in [6.45, 7) is 7.37. The summed E-state index contributed by atoms with van der Waals surface area (Å²) in [6.07, 6.45) is 1.54. The van der Waals surface area contributed by atoms with Crippen molar-refractivity contribution in [3.05, 3.63) is 11.1 Å². The fourth-order valence-electron chi connectivity index (χ4n) is 1.91. The van der Waals surface area contributed by atoms with Crippen molar-refractivity contribution in [2.45, 2.75) is 46.1 Å². The standard InChI is InChI=1S/C11H17NO2/c1-5-8-6-11(3,4)12-10(14)9(8)7(2)13/h5-6H2,1-4H3,(H,12,14). The summed E-state index contributed by atoms with van der Waals surface area (Å²) in [5.41, 5.74) is 1.12. The summed E-state index contributed by atoms with van der Waals surface area (Å²) in [6, 6.07) is 0. The maximum Gasteiger partial charge on any atom is 0.255 e. The number of carbonyl (C=O) groups excluding carboxylic acids is 2. The van der Waals surface area contributed by atoms with Crippen LogP contribution in [0, 0.1) is 0 Å². The van der Waals surface area contributed by atoms with E-state index in [4.69, 9.17) is 0 Å². The number of hydrogen-bond donors (Lipinski definition) is 1. The minimum Gasteiger partial charge on any atom is -0.347 e. The second-order valence-corrected chi connectivity index (χ2v) is 4.40. The Kier molecular flexibility index (Phi) is 2.79. The first-order chi connectivity index (χ1) is 6.37. The van der Waals surface area contributed by atoms with Gasteiger partial charge >= 0.3 is 0 Å². The van der Waals surface area contributed by atoms with Crippen molar-refractivity contribution in [1.29, 1.82) is 0 Å².